The zero-order valence-corrected chi connectivity index (χ0v) is 15.0. The predicted molar refractivity (Wildman–Crippen MR) is 102 cm³/mol. The van der Waals surface area contributed by atoms with E-state index in [1.165, 1.54) is 6.20 Å². The SMILES string of the molecule is CCC(C)C(NC(=O)c1ccccc1)C(=O)Nc1ccc(N)nc1.Cl. The molecule has 7 heteroatoms. The number of nitrogen functional groups attached to an aromatic ring is 1. The van der Waals surface area contributed by atoms with Crippen molar-refractivity contribution in [1.29, 1.82) is 0 Å². The average Bonchev–Trinajstić information content (AvgIpc) is 2.61. The van der Waals surface area contributed by atoms with Crippen LogP contribution in [0.4, 0.5) is 11.5 Å². The third kappa shape index (κ3) is 5.76. The number of rotatable bonds is 6. The quantitative estimate of drug-likeness (QED) is 0.736. The number of hydrogen-bond acceptors (Lipinski definition) is 4. The van der Waals surface area contributed by atoms with Crippen LogP contribution in [0.5, 0.6) is 0 Å². The van der Waals surface area contributed by atoms with E-state index >= 15 is 0 Å². The molecule has 0 aliphatic carbocycles. The molecule has 0 bridgehead atoms. The molecule has 134 valence electrons. The molecule has 2 atom stereocenters. The van der Waals surface area contributed by atoms with Crippen LogP contribution < -0.4 is 16.4 Å². The molecule has 25 heavy (non-hydrogen) atoms. The van der Waals surface area contributed by atoms with Gasteiger partial charge in [0.1, 0.15) is 11.9 Å². The normalized spacial score (nSPS) is 12.4. The molecule has 2 amide bonds. The Bertz CT molecular complexity index is 692. The summed E-state index contributed by atoms with van der Waals surface area (Å²) in [6.45, 7) is 3.90. The molecule has 2 rings (SSSR count). The second kappa shape index (κ2) is 9.64. The van der Waals surface area contributed by atoms with E-state index in [-0.39, 0.29) is 30.1 Å². The predicted octanol–water partition coefficient (Wildman–Crippen LogP) is 2.87. The highest BCUT2D eigenvalue weighted by Crippen LogP contribution is 2.13. The Kier molecular flexibility index (Phi) is 7.88. The maximum Gasteiger partial charge on any atom is 0.251 e. The molecule has 0 saturated heterocycles. The number of carbonyl (C=O) groups is 2. The first kappa shape index (κ1) is 20.4. The molecule has 0 aliphatic heterocycles. The van der Waals surface area contributed by atoms with Crippen LogP contribution in [-0.2, 0) is 4.79 Å². The van der Waals surface area contributed by atoms with E-state index in [0.29, 0.717) is 17.1 Å². The third-order valence-corrected chi connectivity index (χ3v) is 3.87. The first-order valence-corrected chi connectivity index (χ1v) is 7.89. The lowest BCUT2D eigenvalue weighted by molar-refractivity contribution is -0.119. The van der Waals surface area contributed by atoms with Crippen LogP contribution in [0.3, 0.4) is 0 Å². The molecule has 1 aromatic carbocycles. The van der Waals surface area contributed by atoms with Gasteiger partial charge in [0.25, 0.3) is 5.91 Å². The van der Waals surface area contributed by atoms with Crippen molar-refractivity contribution in [3.8, 4) is 0 Å². The van der Waals surface area contributed by atoms with Gasteiger partial charge in [0.2, 0.25) is 5.91 Å². The number of aromatic nitrogens is 1. The number of nitrogens with zero attached hydrogens (tertiary/aromatic N) is 1. The highest BCUT2D eigenvalue weighted by molar-refractivity contribution is 6.01. The van der Waals surface area contributed by atoms with Crippen LogP contribution in [0, 0.1) is 5.92 Å². The zero-order chi connectivity index (χ0) is 17.5. The summed E-state index contributed by atoms with van der Waals surface area (Å²) in [5, 5.41) is 5.59. The molecule has 2 unspecified atom stereocenters. The van der Waals surface area contributed by atoms with Gasteiger partial charge in [-0.3, -0.25) is 9.59 Å². The molecule has 0 aliphatic rings. The van der Waals surface area contributed by atoms with E-state index in [2.05, 4.69) is 15.6 Å². The number of amides is 2. The van der Waals surface area contributed by atoms with E-state index in [1.54, 1.807) is 36.4 Å². The van der Waals surface area contributed by atoms with Gasteiger partial charge in [-0.25, -0.2) is 4.98 Å². The maximum absolute atomic E-state index is 12.6. The van der Waals surface area contributed by atoms with Gasteiger partial charge in [0, 0.05) is 5.56 Å². The molecule has 0 saturated carbocycles. The lowest BCUT2D eigenvalue weighted by Gasteiger charge is -2.23. The minimum absolute atomic E-state index is 0. The number of nitrogens with two attached hydrogens (primary N) is 1. The van der Waals surface area contributed by atoms with Crippen molar-refractivity contribution in [2.45, 2.75) is 26.3 Å². The van der Waals surface area contributed by atoms with Crippen molar-refractivity contribution in [2.75, 3.05) is 11.1 Å². The summed E-state index contributed by atoms with van der Waals surface area (Å²) in [6, 6.07) is 11.5. The molecule has 6 nitrogen and oxygen atoms in total. The number of benzene rings is 1. The monoisotopic (exact) mass is 362 g/mol. The Morgan fingerprint density at radius 2 is 1.84 bits per heavy atom. The molecule has 0 fully saturated rings. The standard InChI is InChI=1S/C18H22N4O2.ClH/c1-3-12(2)16(22-17(23)13-7-5-4-6-8-13)18(24)21-14-9-10-15(19)20-11-14;/h4-12,16H,3H2,1-2H3,(H2,19,20)(H,21,24)(H,22,23);1H. The van der Waals surface area contributed by atoms with E-state index in [9.17, 15) is 9.59 Å². The fraction of sp³-hybridized carbons (Fsp3) is 0.278. The number of carbonyl (C=O) groups excluding carboxylic acids is 2. The summed E-state index contributed by atoms with van der Waals surface area (Å²) in [4.78, 5) is 28.9. The maximum atomic E-state index is 12.6. The largest absolute Gasteiger partial charge is 0.384 e. The number of nitrogens with one attached hydrogen (secondary N) is 2. The van der Waals surface area contributed by atoms with E-state index in [4.69, 9.17) is 5.73 Å². The summed E-state index contributed by atoms with van der Waals surface area (Å²) in [6.07, 6.45) is 2.24. The number of anilines is 2. The number of pyridine rings is 1. The molecule has 4 N–H and O–H groups in total. The summed E-state index contributed by atoms with van der Waals surface area (Å²) in [5.41, 5.74) is 6.60. The van der Waals surface area contributed by atoms with Crippen LogP contribution in [0.1, 0.15) is 30.6 Å². The van der Waals surface area contributed by atoms with Gasteiger partial charge in [-0.1, -0.05) is 38.5 Å². The molecule has 0 spiro atoms. The summed E-state index contributed by atoms with van der Waals surface area (Å²) < 4.78 is 0. The highest BCUT2D eigenvalue weighted by atomic mass is 35.5. The van der Waals surface area contributed by atoms with Crippen LogP contribution in [0.15, 0.2) is 48.7 Å². The van der Waals surface area contributed by atoms with Gasteiger partial charge < -0.3 is 16.4 Å². The van der Waals surface area contributed by atoms with Crippen molar-refractivity contribution < 1.29 is 9.59 Å². The van der Waals surface area contributed by atoms with Crippen molar-refractivity contribution in [3.63, 3.8) is 0 Å². The van der Waals surface area contributed by atoms with Crippen molar-refractivity contribution >= 4 is 35.7 Å². The smallest absolute Gasteiger partial charge is 0.251 e. The van der Waals surface area contributed by atoms with Gasteiger partial charge in [-0.05, 0) is 30.2 Å². The zero-order valence-electron chi connectivity index (χ0n) is 14.2. The average molecular weight is 363 g/mol. The molecular formula is C18H23ClN4O2. The Morgan fingerprint density at radius 3 is 2.40 bits per heavy atom. The first-order valence-electron chi connectivity index (χ1n) is 7.89. The Labute approximate surface area is 153 Å². The van der Waals surface area contributed by atoms with Crippen LogP contribution in [-0.4, -0.2) is 22.8 Å². The Hall–Kier alpha value is -2.60. The summed E-state index contributed by atoms with van der Waals surface area (Å²) >= 11 is 0. The van der Waals surface area contributed by atoms with Crippen LogP contribution >= 0.6 is 12.4 Å². The molecule has 2 aromatic rings. The molecule has 0 radical (unpaired) electrons. The van der Waals surface area contributed by atoms with E-state index in [0.717, 1.165) is 6.42 Å². The second-order valence-corrected chi connectivity index (χ2v) is 5.66. The number of hydrogen-bond donors (Lipinski definition) is 3. The van der Waals surface area contributed by atoms with Gasteiger partial charge in [-0.2, -0.15) is 0 Å². The molecule has 1 aromatic heterocycles. The fourth-order valence-corrected chi connectivity index (χ4v) is 2.22. The Balaban J connectivity index is 0.00000312. The molecule has 1 heterocycles. The van der Waals surface area contributed by atoms with Gasteiger partial charge in [-0.15, -0.1) is 12.4 Å². The van der Waals surface area contributed by atoms with Crippen molar-refractivity contribution in [3.05, 3.63) is 54.2 Å². The minimum Gasteiger partial charge on any atom is -0.384 e. The minimum atomic E-state index is -0.639. The first-order chi connectivity index (χ1) is 11.5. The lowest BCUT2D eigenvalue weighted by atomic mass is 9.97. The van der Waals surface area contributed by atoms with Crippen molar-refractivity contribution in [1.82, 2.24) is 10.3 Å². The van der Waals surface area contributed by atoms with Crippen molar-refractivity contribution in [2.24, 2.45) is 5.92 Å². The number of halogens is 1. The molecular weight excluding hydrogens is 340 g/mol. The summed E-state index contributed by atoms with van der Waals surface area (Å²) in [5.74, 6) is -0.185. The van der Waals surface area contributed by atoms with Gasteiger partial charge >= 0.3 is 0 Å². The van der Waals surface area contributed by atoms with E-state index in [1.807, 2.05) is 19.9 Å². The van der Waals surface area contributed by atoms with Crippen LogP contribution in [0.2, 0.25) is 0 Å². The van der Waals surface area contributed by atoms with E-state index < -0.39 is 6.04 Å². The topological polar surface area (TPSA) is 97.1 Å². The van der Waals surface area contributed by atoms with Gasteiger partial charge in [0.15, 0.2) is 0 Å². The van der Waals surface area contributed by atoms with Gasteiger partial charge in [0.05, 0.1) is 11.9 Å². The third-order valence-electron chi connectivity index (χ3n) is 3.87. The second-order valence-electron chi connectivity index (χ2n) is 5.66. The van der Waals surface area contributed by atoms with Crippen LogP contribution in [0.25, 0.3) is 0 Å². The Morgan fingerprint density at radius 1 is 1.16 bits per heavy atom. The summed E-state index contributed by atoms with van der Waals surface area (Å²) in [7, 11) is 0. The fourth-order valence-electron chi connectivity index (χ4n) is 2.22. The lowest BCUT2D eigenvalue weighted by Crippen LogP contribution is -2.47. The highest BCUT2D eigenvalue weighted by Gasteiger charge is 2.26.